The predicted octanol–water partition coefficient (Wildman–Crippen LogP) is 2.34. The first-order chi connectivity index (χ1) is 13.8. The summed E-state index contributed by atoms with van der Waals surface area (Å²) in [5.74, 6) is 0.128. The Bertz CT molecular complexity index is 1150. The molecular weight excluding hydrogens is 372 g/mol. The number of aryl methyl sites for hydroxylation is 3. The van der Waals surface area contributed by atoms with E-state index in [-0.39, 0.29) is 11.7 Å². The highest BCUT2D eigenvalue weighted by Gasteiger charge is 2.20. The number of unbranched alkanes of at least 4 members (excludes halogenated alkanes) is 3. The van der Waals surface area contributed by atoms with E-state index in [1.807, 2.05) is 30.5 Å². The maximum Gasteiger partial charge on any atom is 0.352 e. The fourth-order valence-electron chi connectivity index (χ4n) is 3.39. The Morgan fingerprint density at radius 3 is 2.45 bits per heavy atom. The molecule has 3 rings (SSSR count). The number of hydrogen-bond donors (Lipinski definition) is 0. The zero-order valence-electron chi connectivity index (χ0n) is 17.3. The van der Waals surface area contributed by atoms with Gasteiger partial charge in [-0.25, -0.2) is 9.78 Å². The lowest BCUT2D eigenvalue weighted by molar-refractivity contribution is -0.140. The van der Waals surface area contributed by atoms with Gasteiger partial charge in [-0.2, -0.15) is 4.98 Å². The third kappa shape index (κ3) is 4.21. The van der Waals surface area contributed by atoms with Crippen LogP contribution in [0.3, 0.4) is 0 Å². The summed E-state index contributed by atoms with van der Waals surface area (Å²) in [7, 11) is 2.80. The van der Waals surface area contributed by atoms with Crippen molar-refractivity contribution in [2.75, 3.05) is 7.11 Å². The standard InChI is InChI=1S/C21H26N4O4/c1-13-11-15-16(12-14(13)2)25(10-8-6-5-7-9-17(26)29-4)19-18(22-15)20(27)24(3)21(28)23-19/h11-12H,5-10H2,1-4H3. The molecule has 2 aliphatic rings. The Morgan fingerprint density at radius 2 is 1.72 bits per heavy atom. The number of carbonyl (C=O) groups excluding carboxylic acids is 1. The van der Waals surface area contributed by atoms with E-state index in [2.05, 4.69) is 14.7 Å². The van der Waals surface area contributed by atoms with Gasteiger partial charge in [-0.3, -0.25) is 14.2 Å². The molecule has 0 bridgehead atoms. The molecule has 2 aliphatic heterocycles. The maximum absolute atomic E-state index is 12.6. The molecule has 0 atom stereocenters. The van der Waals surface area contributed by atoms with Crippen LogP contribution in [-0.2, 0) is 23.1 Å². The SMILES string of the molecule is COC(=O)CCCCCCn1c2nc(=O)n(C)c(=O)c-2nc2cc(C)c(C)cc21. The van der Waals surface area contributed by atoms with E-state index >= 15 is 0 Å². The van der Waals surface area contributed by atoms with Crippen LogP contribution >= 0.6 is 0 Å². The van der Waals surface area contributed by atoms with Crippen molar-refractivity contribution in [3.63, 3.8) is 0 Å². The molecule has 8 heteroatoms. The zero-order chi connectivity index (χ0) is 21.1. The van der Waals surface area contributed by atoms with Gasteiger partial charge >= 0.3 is 11.7 Å². The third-order valence-electron chi connectivity index (χ3n) is 5.32. The Kier molecular flexibility index (Phi) is 6.10. The number of esters is 1. The van der Waals surface area contributed by atoms with Crippen molar-refractivity contribution in [3.8, 4) is 11.5 Å². The van der Waals surface area contributed by atoms with Gasteiger partial charge < -0.3 is 9.30 Å². The number of hydrogen-bond acceptors (Lipinski definition) is 6. The van der Waals surface area contributed by atoms with E-state index in [1.165, 1.54) is 14.2 Å². The van der Waals surface area contributed by atoms with Crippen LogP contribution in [0.4, 0.5) is 0 Å². The summed E-state index contributed by atoms with van der Waals surface area (Å²) in [5, 5.41) is 0. The lowest BCUT2D eigenvalue weighted by Gasteiger charge is -2.18. The molecule has 2 heterocycles. The molecular formula is C21H26N4O4. The van der Waals surface area contributed by atoms with E-state index in [0.29, 0.717) is 24.3 Å². The highest BCUT2D eigenvalue weighted by molar-refractivity contribution is 5.81. The molecule has 0 fully saturated rings. The topological polar surface area (TPSA) is 96.1 Å². The fourth-order valence-corrected chi connectivity index (χ4v) is 3.39. The van der Waals surface area contributed by atoms with Crippen LogP contribution in [0.25, 0.3) is 22.6 Å². The Labute approximate surface area is 168 Å². The van der Waals surface area contributed by atoms with Crippen LogP contribution in [-0.4, -0.2) is 32.2 Å². The quantitative estimate of drug-likeness (QED) is 0.344. The van der Waals surface area contributed by atoms with Gasteiger partial charge in [0.2, 0.25) is 0 Å². The second-order valence-electron chi connectivity index (χ2n) is 7.36. The normalized spacial score (nSPS) is 11.3. The van der Waals surface area contributed by atoms with Crippen molar-refractivity contribution in [2.24, 2.45) is 7.05 Å². The molecule has 8 nitrogen and oxygen atoms in total. The second-order valence-corrected chi connectivity index (χ2v) is 7.36. The van der Waals surface area contributed by atoms with Gasteiger partial charge in [0.05, 0.1) is 18.1 Å². The average Bonchev–Trinajstić information content (AvgIpc) is 2.70. The summed E-state index contributed by atoms with van der Waals surface area (Å²) in [4.78, 5) is 44.6. The van der Waals surface area contributed by atoms with Crippen molar-refractivity contribution in [2.45, 2.75) is 52.5 Å². The molecule has 0 spiro atoms. The molecule has 29 heavy (non-hydrogen) atoms. The van der Waals surface area contributed by atoms with Crippen molar-refractivity contribution in [1.29, 1.82) is 0 Å². The molecule has 0 aliphatic carbocycles. The van der Waals surface area contributed by atoms with Gasteiger partial charge in [0.15, 0.2) is 11.5 Å². The summed E-state index contributed by atoms with van der Waals surface area (Å²) in [6.45, 7) is 4.63. The Hall–Kier alpha value is -3.03. The van der Waals surface area contributed by atoms with E-state index in [9.17, 15) is 14.4 Å². The minimum atomic E-state index is -0.584. The minimum absolute atomic E-state index is 0.195. The third-order valence-corrected chi connectivity index (χ3v) is 5.32. The molecule has 0 amide bonds. The van der Waals surface area contributed by atoms with Crippen LogP contribution in [0.1, 0.15) is 43.2 Å². The van der Waals surface area contributed by atoms with Crippen molar-refractivity contribution < 1.29 is 9.53 Å². The van der Waals surface area contributed by atoms with E-state index < -0.39 is 11.2 Å². The molecule has 0 saturated carbocycles. The molecule has 1 aromatic rings. The van der Waals surface area contributed by atoms with E-state index in [4.69, 9.17) is 0 Å². The lowest BCUT2D eigenvalue weighted by atomic mass is 10.1. The van der Waals surface area contributed by atoms with Crippen LogP contribution in [0.5, 0.6) is 0 Å². The first-order valence-corrected chi connectivity index (χ1v) is 9.79. The predicted molar refractivity (Wildman–Crippen MR) is 110 cm³/mol. The smallest absolute Gasteiger partial charge is 0.352 e. The van der Waals surface area contributed by atoms with E-state index in [0.717, 1.165) is 46.9 Å². The van der Waals surface area contributed by atoms with Gasteiger partial charge in [-0.05, 0) is 49.9 Å². The molecule has 0 unspecified atom stereocenters. The summed E-state index contributed by atoms with van der Waals surface area (Å²) >= 11 is 0. The van der Waals surface area contributed by atoms with Crippen LogP contribution < -0.4 is 11.2 Å². The maximum atomic E-state index is 12.6. The van der Waals surface area contributed by atoms with Crippen molar-refractivity contribution >= 4 is 17.0 Å². The second kappa shape index (κ2) is 8.55. The first kappa shape index (κ1) is 20.7. The minimum Gasteiger partial charge on any atom is -0.469 e. The van der Waals surface area contributed by atoms with Gasteiger partial charge in [0.25, 0.3) is 5.56 Å². The Morgan fingerprint density at radius 1 is 1.03 bits per heavy atom. The molecule has 0 aromatic heterocycles. The molecule has 0 N–H and O–H groups in total. The highest BCUT2D eigenvalue weighted by atomic mass is 16.5. The van der Waals surface area contributed by atoms with Crippen molar-refractivity contribution in [1.82, 2.24) is 19.1 Å². The number of carbonyl (C=O) groups is 1. The number of nitrogens with zero attached hydrogens (tertiary/aromatic N) is 4. The number of benzene rings is 1. The van der Waals surface area contributed by atoms with Gasteiger partial charge in [0, 0.05) is 20.0 Å². The summed E-state index contributed by atoms with van der Waals surface area (Å²) in [6.07, 6.45) is 3.83. The summed E-state index contributed by atoms with van der Waals surface area (Å²) < 4.78 is 7.57. The highest BCUT2D eigenvalue weighted by Crippen LogP contribution is 2.24. The molecule has 0 saturated heterocycles. The van der Waals surface area contributed by atoms with Crippen LogP contribution in [0.15, 0.2) is 21.7 Å². The number of fused-ring (bicyclic) bond motifs is 2. The lowest BCUT2D eigenvalue weighted by Crippen LogP contribution is -2.36. The Balaban J connectivity index is 1.96. The first-order valence-electron chi connectivity index (χ1n) is 9.79. The number of rotatable bonds is 7. The number of aromatic nitrogens is 4. The van der Waals surface area contributed by atoms with Crippen LogP contribution in [0, 0.1) is 13.8 Å². The van der Waals surface area contributed by atoms with Gasteiger partial charge in [-0.15, -0.1) is 0 Å². The van der Waals surface area contributed by atoms with Gasteiger partial charge in [0.1, 0.15) is 0 Å². The van der Waals surface area contributed by atoms with Crippen molar-refractivity contribution in [3.05, 3.63) is 44.1 Å². The van der Waals surface area contributed by atoms with Crippen LogP contribution in [0.2, 0.25) is 0 Å². The average molecular weight is 398 g/mol. The van der Waals surface area contributed by atoms with Gasteiger partial charge in [-0.1, -0.05) is 12.8 Å². The number of ether oxygens (including phenoxy) is 1. The zero-order valence-corrected chi connectivity index (χ0v) is 17.3. The molecule has 154 valence electrons. The largest absolute Gasteiger partial charge is 0.469 e. The summed E-state index contributed by atoms with van der Waals surface area (Å²) in [5.41, 5.74) is 2.94. The summed E-state index contributed by atoms with van der Waals surface area (Å²) in [6, 6.07) is 3.99. The van der Waals surface area contributed by atoms with E-state index in [1.54, 1.807) is 0 Å². The fraction of sp³-hybridized carbons (Fsp3) is 0.476. The molecule has 0 radical (unpaired) electrons. The monoisotopic (exact) mass is 398 g/mol. The number of methoxy groups -OCH3 is 1. The molecule has 1 aromatic carbocycles.